The Bertz CT molecular complexity index is 560. The molecule has 1 aliphatic rings. The van der Waals surface area contributed by atoms with Crippen molar-refractivity contribution in [3.8, 4) is 11.4 Å². The van der Waals surface area contributed by atoms with Crippen molar-refractivity contribution in [2.45, 2.75) is 18.9 Å². The van der Waals surface area contributed by atoms with Crippen LogP contribution in [0.1, 0.15) is 24.8 Å². The molecule has 0 spiro atoms. The molecule has 18 heavy (non-hydrogen) atoms. The zero-order chi connectivity index (χ0) is 12.7. The van der Waals surface area contributed by atoms with Crippen molar-refractivity contribution in [3.05, 3.63) is 35.7 Å². The number of rotatable bonds is 3. The Kier molecular flexibility index (Phi) is 2.59. The minimum atomic E-state index is -0.678. The van der Waals surface area contributed by atoms with E-state index >= 15 is 0 Å². The van der Waals surface area contributed by atoms with Gasteiger partial charge in [0.05, 0.1) is 6.04 Å². The van der Waals surface area contributed by atoms with Crippen LogP contribution in [0.3, 0.4) is 0 Å². The maximum Gasteiger partial charge on any atom is 0.244 e. The number of halogens is 2. The van der Waals surface area contributed by atoms with Gasteiger partial charge in [-0.15, -0.1) is 0 Å². The molecule has 0 amide bonds. The van der Waals surface area contributed by atoms with Crippen molar-refractivity contribution in [1.82, 2.24) is 10.1 Å². The minimum Gasteiger partial charge on any atom is -0.337 e. The van der Waals surface area contributed by atoms with Gasteiger partial charge in [-0.2, -0.15) is 4.98 Å². The van der Waals surface area contributed by atoms with Gasteiger partial charge in [-0.1, -0.05) is 5.16 Å². The molecule has 2 N–H and O–H groups in total. The Hall–Kier alpha value is -1.82. The highest BCUT2D eigenvalue weighted by Gasteiger charge is 2.33. The maximum atomic E-state index is 13.1. The second-order valence-electron chi connectivity index (χ2n) is 4.48. The lowest BCUT2D eigenvalue weighted by atomic mass is 10.2. The maximum absolute atomic E-state index is 13.1. The number of aromatic nitrogens is 2. The number of nitrogens with two attached hydrogens (primary N) is 1. The summed E-state index contributed by atoms with van der Waals surface area (Å²) in [6.45, 7) is 0. The molecular weight excluding hydrogens is 240 g/mol. The molecule has 1 aromatic carbocycles. The van der Waals surface area contributed by atoms with Gasteiger partial charge in [0, 0.05) is 11.6 Å². The molecule has 6 heteroatoms. The van der Waals surface area contributed by atoms with Crippen LogP contribution < -0.4 is 5.73 Å². The van der Waals surface area contributed by atoms with E-state index in [9.17, 15) is 8.78 Å². The van der Waals surface area contributed by atoms with E-state index in [0.717, 1.165) is 31.0 Å². The van der Waals surface area contributed by atoms with E-state index in [2.05, 4.69) is 10.1 Å². The predicted molar refractivity (Wildman–Crippen MR) is 59.3 cm³/mol. The molecule has 0 aliphatic heterocycles. The summed E-state index contributed by atoms with van der Waals surface area (Å²) in [6.07, 6.45) is 2.10. The fraction of sp³-hybridized carbons (Fsp3) is 0.333. The second kappa shape index (κ2) is 4.13. The largest absolute Gasteiger partial charge is 0.337 e. The van der Waals surface area contributed by atoms with E-state index < -0.39 is 11.6 Å². The lowest BCUT2D eigenvalue weighted by molar-refractivity contribution is 0.343. The first kappa shape index (κ1) is 11.3. The second-order valence-corrected chi connectivity index (χ2v) is 4.48. The molecule has 0 bridgehead atoms. The first-order chi connectivity index (χ1) is 8.63. The highest BCUT2D eigenvalue weighted by molar-refractivity contribution is 5.54. The van der Waals surface area contributed by atoms with Crippen LogP contribution in [-0.4, -0.2) is 10.1 Å². The van der Waals surface area contributed by atoms with Gasteiger partial charge >= 0.3 is 0 Å². The average molecular weight is 251 g/mol. The standard InChI is InChI=1S/C12H11F2N3O/c13-8-3-7(4-9(14)5-8)11-16-12(18-17-11)10(15)6-1-2-6/h3-6,10H,1-2,15H2. The molecule has 1 aromatic heterocycles. The van der Waals surface area contributed by atoms with Crippen molar-refractivity contribution in [2.75, 3.05) is 0 Å². The highest BCUT2D eigenvalue weighted by atomic mass is 19.1. The van der Waals surface area contributed by atoms with Crippen LogP contribution >= 0.6 is 0 Å². The Morgan fingerprint density at radius 2 is 1.89 bits per heavy atom. The molecular formula is C12H11F2N3O. The first-order valence-corrected chi connectivity index (χ1v) is 5.69. The SMILES string of the molecule is NC(c1nc(-c2cc(F)cc(F)c2)no1)C1CC1. The summed E-state index contributed by atoms with van der Waals surface area (Å²) in [4.78, 5) is 4.09. The number of hydrogen-bond donors (Lipinski definition) is 1. The number of benzene rings is 1. The predicted octanol–water partition coefficient (Wildman–Crippen LogP) is 2.42. The van der Waals surface area contributed by atoms with Gasteiger partial charge in [0.25, 0.3) is 0 Å². The third-order valence-electron chi connectivity index (χ3n) is 2.98. The van der Waals surface area contributed by atoms with Gasteiger partial charge < -0.3 is 10.3 Å². The molecule has 4 nitrogen and oxygen atoms in total. The summed E-state index contributed by atoms with van der Waals surface area (Å²) in [7, 11) is 0. The molecule has 1 saturated carbocycles. The van der Waals surface area contributed by atoms with Crippen LogP contribution in [0.15, 0.2) is 22.7 Å². The van der Waals surface area contributed by atoms with E-state index in [1.807, 2.05) is 0 Å². The van der Waals surface area contributed by atoms with Crippen molar-refractivity contribution in [1.29, 1.82) is 0 Å². The van der Waals surface area contributed by atoms with Crippen LogP contribution in [0.2, 0.25) is 0 Å². The Balaban J connectivity index is 1.92. The minimum absolute atomic E-state index is 0.152. The summed E-state index contributed by atoms with van der Waals surface area (Å²) >= 11 is 0. The quantitative estimate of drug-likeness (QED) is 0.909. The summed E-state index contributed by atoms with van der Waals surface area (Å²) in [5.41, 5.74) is 6.15. The Morgan fingerprint density at radius 3 is 2.50 bits per heavy atom. The van der Waals surface area contributed by atoms with E-state index in [-0.39, 0.29) is 17.4 Å². The molecule has 1 heterocycles. The van der Waals surface area contributed by atoms with E-state index in [1.165, 1.54) is 0 Å². The van der Waals surface area contributed by atoms with Crippen LogP contribution in [0.4, 0.5) is 8.78 Å². The third kappa shape index (κ3) is 2.11. The van der Waals surface area contributed by atoms with E-state index in [1.54, 1.807) is 0 Å². The van der Waals surface area contributed by atoms with Crippen LogP contribution in [0.5, 0.6) is 0 Å². The van der Waals surface area contributed by atoms with Gasteiger partial charge in [-0.25, -0.2) is 8.78 Å². The van der Waals surface area contributed by atoms with Crippen molar-refractivity contribution in [2.24, 2.45) is 11.7 Å². The van der Waals surface area contributed by atoms with Crippen LogP contribution in [0, 0.1) is 17.6 Å². The normalized spacial score (nSPS) is 16.8. The molecule has 0 radical (unpaired) electrons. The summed E-state index contributed by atoms with van der Waals surface area (Å²) in [5, 5.41) is 3.70. The summed E-state index contributed by atoms with van der Waals surface area (Å²) in [5.74, 6) is -0.509. The molecule has 1 fully saturated rings. The Morgan fingerprint density at radius 1 is 1.22 bits per heavy atom. The molecule has 94 valence electrons. The lowest BCUT2D eigenvalue weighted by Crippen LogP contribution is -2.12. The highest BCUT2D eigenvalue weighted by Crippen LogP contribution is 2.39. The fourth-order valence-electron chi connectivity index (χ4n) is 1.83. The molecule has 1 unspecified atom stereocenters. The van der Waals surface area contributed by atoms with Gasteiger partial charge in [-0.3, -0.25) is 0 Å². The third-order valence-corrected chi connectivity index (χ3v) is 2.98. The first-order valence-electron chi connectivity index (χ1n) is 5.69. The summed E-state index contributed by atoms with van der Waals surface area (Å²) in [6, 6.07) is 2.81. The van der Waals surface area contributed by atoms with Crippen LogP contribution in [0.25, 0.3) is 11.4 Å². The smallest absolute Gasteiger partial charge is 0.244 e. The van der Waals surface area contributed by atoms with Crippen molar-refractivity contribution < 1.29 is 13.3 Å². The molecule has 1 atom stereocenters. The van der Waals surface area contributed by atoms with Gasteiger partial charge in [0.15, 0.2) is 0 Å². The summed E-state index contributed by atoms with van der Waals surface area (Å²) < 4.78 is 31.2. The molecule has 0 saturated heterocycles. The van der Waals surface area contributed by atoms with Crippen molar-refractivity contribution in [3.63, 3.8) is 0 Å². The van der Waals surface area contributed by atoms with Gasteiger partial charge in [0.1, 0.15) is 11.6 Å². The molecule has 1 aliphatic carbocycles. The molecule has 2 aromatic rings. The fourth-order valence-corrected chi connectivity index (χ4v) is 1.83. The number of hydrogen-bond acceptors (Lipinski definition) is 4. The monoisotopic (exact) mass is 251 g/mol. The lowest BCUT2D eigenvalue weighted by Gasteiger charge is -2.01. The Labute approximate surface area is 102 Å². The zero-order valence-corrected chi connectivity index (χ0v) is 9.44. The number of nitrogens with zero attached hydrogens (tertiary/aromatic N) is 2. The average Bonchev–Trinajstić information content (AvgIpc) is 3.04. The van der Waals surface area contributed by atoms with Gasteiger partial charge in [-0.05, 0) is 30.9 Å². The van der Waals surface area contributed by atoms with E-state index in [0.29, 0.717) is 11.8 Å². The van der Waals surface area contributed by atoms with Crippen LogP contribution in [-0.2, 0) is 0 Å². The zero-order valence-electron chi connectivity index (χ0n) is 9.44. The van der Waals surface area contributed by atoms with Gasteiger partial charge in [0.2, 0.25) is 11.7 Å². The van der Waals surface area contributed by atoms with Crippen molar-refractivity contribution >= 4 is 0 Å². The van der Waals surface area contributed by atoms with E-state index in [4.69, 9.17) is 10.3 Å². The topological polar surface area (TPSA) is 64.9 Å². The molecule has 3 rings (SSSR count).